The van der Waals surface area contributed by atoms with E-state index in [1.165, 1.54) is 50.8 Å². The summed E-state index contributed by atoms with van der Waals surface area (Å²) in [7, 11) is 0.569. The van der Waals surface area contributed by atoms with Gasteiger partial charge in [0.2, 0.25) is 5.69 Å². The number of fused-ring (bicyclic) bond motifs is 1. The Morgan fingerprint density at radius 3 is 1.86 bits per heavy atom. The van der Waals surface area contributed by atoms with E-state index in [2.05, 4.69) is 137 Å². The number of aromatic nitrogens is 1. The fourth-order valence-electron chi connectivity index (χ4n) is 6.33. The number of nitrogens with zero attached hydrogens (tertiary/aromatic N) is 1. The van der Waals surface area contributed by atoms with Crippen molar-refractivity contribution >= 4 is 24.0 Å². The summed E-state index contributed by atoms with van der Waals surface area (Å²) in [5, 5.41) is 4.68. The Morgan fingerprint density at radius 1 is 0.771 bits per heavy atom. The van der Waals surface area contributed by atoms with Crippen LogP contribution in [0.2, 0.25) is 17.1 Å². The monoisotopic (exact) mass is 488 g/mol. The third-order valence-electron chi connectivity index (χ3n) is 8.67. The quantitative estimate of drug-likeness (QED) is 0.255. The van der Waals surface area contributed by atoms with E-state index >= 15 is 0 Å². The fraction of sp³-hybridized carbons (Fsp3) is 0.545. The zero-order valence-electron chi connectivity index (χ0n) is 24.9. The van der Waals surface area contributed by atoms with Gasteiger partial charge in [-0.3, -0.25) is 0 Å². The van der Waals surface area contributed by atoms with Gasteiger partial charge in [-0.1, -0.05) is 112 Å². The first-order valence-corrected chi connectivity index (χ1v) is 16.0. The van der Waals surface area contributed by atoms with Crippen molar-refractivity contribution in [1.29, 1.82) is 0 Å². The SMILES string of the molecule is CC[Si](CC)(c1ccc2c(-c3cc(C(C)(C)C)cc(C(C)(C)C)c3C)[n+](C)ccc2c1)C(C)(C)C. The van der Waals surface area contributed by atoms with Gasteiger partial charge in [0.25, 0.3) is 0 Å². The predicted molar refractivity (Wildman–Crippen MR) is 159 cm³/mol. The molecule has 2 heteroatoms. The summed E-state index contributed by atoms with van der Waals surface area (Å²) in [5.74, 6) is 0. The maximum Gasteiger partial charge on any atom is 0.220 e. The van der Waals surface area contributed by atoms with Crippen LogP contribution in [0.4, 0.5) is 0 Å². The molecule has 190 valence electrons. The number of rotatable bonds is 4. The molecule has 0 aliphatic heterocycles. The van der Waals surface area contributed by atoms with E-state index in [0.29, 0.717) is 5.04 Å². The minimum atomic E-state index is -1.63. The second-order valence-electron chi connectivity index (χ2n) is 13.8. The van der Waals surface area contributed by atoms with E-state index in [9.17, 15) is 0 Å². The molecule has 0 spiro atoms. The van der Waals surface area contributed by atoms with E-state index < -0.39 is 8.07 Å². The molecule has 0 radical (unpaired) electrons. The van der Waals surface area contributed by atoms with Gasteiger partial charge in [0.1, 0.15) is 7.05 Å². The second kappa shape index (κ2) is 9.18. The largest absolute Gasteiger partial charge is 0.220 e. The average Bonchev–Trinajstić information content (AvgIpc) is 2.73. The Kier molecular flexibility index (Phi) is 7.25. The van der Waals surface area contributed by atoms with Crippen LogP contribution in [-0.2, 0) is 17.9 Å². The van der Waals surface area contributed by atoms with Gasteiger partial charge in [-0.25, -0.2) is 4.57 Å². The normalized spacial score (nSPS) is 13.5. The topological polar surface area (TPSA) is 3.88 Å². The average molecular weight is 489 g/mol. The number of aryl methyl sites for hydroxylation is 1. The molecule has 1 heterocycles. The lowest BCUT2D eigenvalue weighted by Crippen LogP contribution is -2.53. The highest BCUT2D eigenvalue weighted by Crippen LogP contribution is 2.42. The van der Waals surface area contributed by atoms with Gasteiger partial charge >= 0.3 is 0 Å². The van der Waals surface area contributed by atoms with Crippen LogP contribution in [0, 0.1) is 6.92 Å². The number of hydrogen-bond acceptors (Lipinski definition) is 0. The fourth-order valence-corrected chi connectivity index (χ4v) is 11.5. The highest BCUT2D eigenvalue weighted by Gasteiger charge is 2.42. The van der Waals surface area contributed by atoms with E-state index in [1.807, 2.05) is 0 Å². The first kappa shape index (κ1) is 27.7. The molecular formula is C33H50NSi+. The first-order valence-electron chi connectivity index (χ1n) is 13.6. The van der Waals surface area contributed by atoms with Crippen LogP contribution in [0.15, 0.2) is 42.6 Å². The molecule has 0 unspecified atom stereocenters. The van der Waals surface area contributed by atoms with Gasteiger partial charge in [-0.2, -0.15) is 0 Å². The Labute approximate surface area is 217 Å². The number of benzene rings is 2. The molecule has 0 aliphatic carbocycles. The highest BCUT2D eigenvalue weighted by molar-refractivity contribution is 6.94. The highest BCUT2D eigenvalue weighted by atomic mass is 28.3. The standard InChI is InChI=1S/C33H50NSi/c1-14-35(15-2,33(10,11)12)26-16-17-27-24(20-26)18-19-34(13)30(27)28-21-25(31(4,5)6)22-29(23(28)3)32(7,8)9/h16-22H,14-15H2,1-13H3/q+1. The Bertz CT molecular complexity index is 1230. The maximum absolute atomic E-state index is 2.54. The molecule has 0 amide bonds. The van der Waals surface area contributed by atoms with Gasteiger partial charge in [-0.15, -0.1) is 0 Å². The smallest absolute Gasteiger partial charge is 0.200 e. The summed E-state index contributed by atoms with van der Waals surface area (Å²) in [6.45, 7) is 28.5. The first-order chi connectivity index (χ1) is 16.0. The number of pyridine rings is 1. The van der Waals surface area contributed by atoms with Crippen LogP contribution in [0.1, 0.15) is 92.9 Å². The van der Waals surface area contributed by atoms with Crippen LogP contribution in [0.5, 0.6) is 0 Å². The van der Waals surface area contributed by atoms with Crippen molar-refractivity contribution in [3.8, 4) is 11.3 Å². The Balaban J connectivity index is 2.39. The van der Waals surface area contributed by atoms with Crippen LogP contribution >= 0.6 is 0 Å². The molecule has 35 heavy (non-hydrogen) atoms. The lowest BCUT2D eigenvalue weighted by atomic mass is 9.76. The van der Waals surface area contributed by atoms with E-state index in [1.54, 1.807) is 5.19 Å². The van der Waals surface area contributed by atoms with Crippen LogP contribution in [0.25, 0.3) is 22.0 Å². The van der Waals surface area contributed by atoms with Gasteiger partial charge in [0.05, 0.1) is 19.0 Å². The summed E-state index contributed by atoms with van der Waals surface area (Å²) >= 11 is 0. The summed E-state index contributed by atoms with van der Waals surface area (Å²) in [5.41, 5.74) is 7.15. The molecule has 0 saturated heterocycles. The maximum atomic E-state index is 2.54. The molecule has 0 aliphatic rings. The minimum Gasteiger partial charge on any atom is -0.200 e. The molecule has 0 bridgehead atoms. The van der Waals surface area contributed by atoms with Gasteiger partial charge in [0, 0.05) is 6.07 Å². The van der Waals surface area contributed by atoms with Crippen molar-refractivity contribution in [1.82, 2.24) is 0 Å². The summed E-state index contributed by atoms with van der Waals surface area (Å²) in [4.78, 5) is 0. The van der Waals surface area contributed by atoms with Gasteiger partial charge in [-0.05, 0) is 57.0 Å². The lowest BCUT2D eigenvalue weighted by molar-refractivity contribution is -0.659. The molecular weight excluding hydrogens is 438 g/mol. The van der Waals surface area contributed by atoms with Crippen molar-refractivity contribution < 1.29 is 4.57 Å². The molecule has 0 N–H and O–H groups in total. The van der Waals surface area contributed by atoms with Crippen molar-refractivity contribution in [3.63, 3.8) is 0 Å². The third-order valence-corrected chi connectivity index (χ3v) is 15.4. The second-order valence-corrected chi connectivity index (χ2v) is 19.5. The molecule has 1 aromatic heterocycles. The van der Waals surface area contributed by atoms with E-state index in [-0.39, 0.29) is 10.8 Å². The van der Waals surface area contributed by atoms with E-state index in [0.717, 1.165) is 0 Å². The predicted octanol–water partition coefficient (Wildman–Crippen LogP) is 8.73. The zero-order valence-corrected chi connectivity index (χ0v) is 25.9. The summed E-state index contributed by atoms with van der Waals surface area (Å²) in [6, 6.07) is 17.2. The summed E-state index contributed by atoms with van der Waals surface area (Å²) in [6.07, 6.45) is 2.26. The van der Waals surface area contributed by atoms with Crippen molar-refractivity contribution in [3.05, 3.63) is 59.3 Å². The Morgan fingerprint density at radius 2 is 1.37 bits per heavy atom. The van der Waals surface area contributed by atoms with Crippen LogP contribution < -0.4 is 9.75 Å². The Hall–Kier alpha value is -1.93. The molecule has 3 rings (SSSR count). The van der Waals surface area contributed by atoms with Gasteiger partial charge < -0.3 is 0 Å². The van der Waals surface area contributed by atoms with Crippen LogP contribution in [0.3, 0.4) is 0 Å². The molecule has 1 nitrogen and oxygen atoms in total. The lowest BCUT2D eigenvalue weighted by Gasteiger charge is -2.42. The van der Waals surface area contributed by atoms with E-state index in [4.69, 9.17) is 0 Å². The van der Waals surface area contributed by atoms with Crippen molar-refractivity contribution in [2.75, 3.05) is 0 Å². The molecule has 0 atom stereocenters. The third kappa shape index (κ3) is 4.88. The van der Waals surface area contributed by atoms with Crippen molar-refractivity contribution in [2.45, 2.75) is 111 Å². The van der Waals surface area contributed by atoms with Crippen LogP contribution in [-0.4, -0.2) is 8.07 Å². The molecule has 0 fully saturated rings. The molecule has 0 saturated carbocycles. The minimum absolute atomic E-state index is 0.0938. The molecule has 2 aromatic carbocycles. The zero-order chi connectivity index (χ0) is 26.6. The molecule has 3 aromatic rings. The summed E-state index contributed by atoms with van der Waals surface area (Å²) < 4.78 is 2.33. The van der Waals surface area contributed by atoms with Crippen molar-refractivity contribution in [2.24, 2.45) is 7.05 Å². The number of hydrogen-bond donors (Lipinski definition) is 0. The van der Waals surface area contributed by atoms with Gasteiger partial charge in [0.15, 0.2) is 6.20 Å².